The fourth-order valence-corrected chi connectivity index (χ4v) is 2.16. The van der Waals surface area contributed by atoms with Crippen molar-refractivity contribution in [1.29, 1.82) is 0 Å². The maximum atomic E-state index is 2.27. The maximum absolute atomic E-state index is 2.27. The predicted molar refractivity (Wildman–Crippen MR) is 92.1 cm³/mol. The van der Waals surface area contributed by atoms with Crippen LogP contribution in [0.4, 0.5) is 0 Å². The van der Waals surface area contributed by atoms with Crippen LogP contribution >= 0.6 is 0 Å². The van der Waals surface area contributed by atoms with Crippen molar-refractivity contribution < 1.29 is 0 Å². The summed E-state index contributed by atoms with van der Waals surface area (Å²) in [5.41, 5.74) is 1.37. The first-order valence-corrected chi connectivity index (χ1v) is 8.39. The molecule has 0 amide bonds. The Morgan fingerprint density at radius 2 is 1.15 bits per heavy atom. The van der Waals surface area contributed by atoms with E-state index in [1.54, 1.807) is 0 Å². The lowest BCUT2D eigenvalue weighted by Crippen LogP contribution is -2.10. The molecule has 0 aliphatic rings. The molecule has 116 valence electrons. The molecule has 1 aromatic carbocycles. The average Bonchev–Trinajstić information content (AvgIpc) is 2.44. The van der Waals surface area contributed by atoms with Gasteiger partial charge in [0, 0.05) is 6.54 Å². The van der Waals surface area contributed by atoms with E-state index in [9.17, 15) is 0 Å². The highest BCUT2D eigenvalue weighted by Gasteiger charge is 1.90. The first kappa shape index (κ1) is 19.2. The van der Waals surface area contributed by atoms with E-state index in [0.29, 0.717) is 0 Å². The van der Waals surface area contributed by atoms with E-state index in [-0.39, 0.29) is 0 Å². The number of rotatable bonds is 9. The van der Waals surface area contributed by atoms with E-state index in [4.69, 9.17) is 0 Å². The zero-order valence-corrected chi connectivity index (χ0v) is 14.2. The number of benzene rings is 1. The van der Waals surface area contributed by atoms with Crippen molar-refractivity contribution in [3.8, 4) is 0 Å². The van der Waals surface area contributed by atoms with Crippen molar-refractivity contribution in [1.82, 2.24) is 4.90 Å². The van der Waals surface area contributed by atoms with Gasteiger partial charge in [-0.2, -0.15) is 0 Å². The average molecular weight is 277 g/mol. The molecule has 1 aromatic rings. The first-order valence-electron chi connectivity index (χ1n) is 8.39. The van der Waals surface area contributed by atoms with Gasteiger partial charge in [0.2, 0.25) is 0 Å². The fourth-order valence-electron chi connectivity index (χ4n) is 2.16. The SMILES string of the molecule is CCCCCCCCCC.CN(C)Cc1ccccc1. The summed E-state index contributed by atoms with van der Waals surface area (Å²) in [6.07, 6.45) is 11.5. The Balaban J connectivity index is 0.000000361. The van der Waals surface area contributed by atoms with Crippen LogP contribution in [0.15, 0.2) is 30.3 Å². The molecule has 0 N–H and O–H groups in total. The molecule has 1 nitrogen and oxygen atoms in total. The predicted octanol–water partition coefficient (Wildman–Crippen LogP) is 5.90. The summed E-state index contributed by atoms with van der Waals surface area (Å²) in [5.74, 6) is 0. The van der Waals surface area contributed by atoms with Gasteiger partial charge in [0.1, 0.15) is 0 Å². The molecule has 20 heavy (non-hydrogen) atoms. The van der Waals surface area contributed by atoms with E-state index in [1.807, 2.05) is 6.07 Å². The van der Waals surface area contributed by atoms with Crippen molar-refractivity contribution in [2.45, 2.75) is 71.8 Å². The topological polar surface area (TPSA) is 3.24 Å². The molecule has 0 bridgehead atoms. The van der Waals surface area contributed by atoms with Gasteiger partial charge in [-0.15, -0.1) is 0 Å². The van der Waals surface area contributed by atoms with E-state index >= 15 is 0 Å². The molecule has 0 saturated heterocycles. The summed E-state index contributed by atoms with van der Waals surface area (Å²) < 4.78 is 0. The van der Waals surface area contributed by atoms with Crippen LogP contribution in [0.25, 0.3) is 0 Å². The molecule has 0 heterocycles. The molecular formula is C19H35N. The lowest BCUT2D eigenvalue weighted by atomic mass is 10.1. The number of unbranched alkanes of at least 4 members (excludes halogenated alkanes) is 7. The van der Waals surface area contributed by atoms with Gasteiger partial charge >= 0.3 is 0 Å². The standard InChI is InChI=1S/C10H22.C9H13N/c1-3-5-7-9-10-8-6-4-2;1-10(2)8-9-6-4-3-5-7-9/h3-10H2,1-2H3;3-7H,8H2,1-2H3. The highest BCUT2D eigenvalue weighted by atomic mass is 15.0. The number of nitrogens with zero attached hydrogens (tertiary/aromatic N) is 1. The smallest absolute Gasteiger partial charge is 0.0227 e. The van der Waals surface area contributed by atoms with E-state index in [2.05, 4.69) is 57.1 Å². The highest BCUT2D eigenvalue weighted by Crippen LogP contribution is 2.07. The molecule has 0 unspecified atom stereocenters. The molecule has 0 aliphatic heterocycles. The van der Waals surface area contributed by atoms with Gasteiger partial charge < -0.3 is 4.90 Å². The molecular weight excluding hydrogens is 242 g/mol. The van der Waals surface area contributed by atoms with Crippen LogP contribution in [-0.4, -0.2) is 19.0 Å². The first-order chi connectivity index (χ1) is 9.70. The Kier molecular flexibility index (Phi) is 14.0. The van der Waals surface area contributed by atoms with Crippen molar-refractivity contribution in [2.24, 2.45) is 0 Å². The maximum Gasteiger partial charge on any atom is 0.0227 e. The molecule has 0 aromatic heterocycles. The Morgan fingerprint density at radius 1 is 0.700 bits per heavy atom. The lowest BCUT2D eigenvalue weighted by molar-refractivity contribution is 0.402. The summed E-state index contributed by atoms with van der Waals surface area (Å²) in [5, 5.41) is 0. The van der Waals surface area contributed by atoms with E-state index < -0.39 is 0 Å². The Morgan fingerprint density at radius 3 is 1.55 bits per heavy atom. The number of hydrogen-bond donors (Lipinski definition) is 0. The monoisotopic (exact) mass is 277 g/mol. The second kappa shape index (κ2) is 14.6. The highest BCUT2D eigenvalue weighted by molar-refractivity contribution is 5.14. The summed E-state index contributed by atoms with van der Waals surface area (Å²) in [6, 6.07) is 10.5. The van der Waals surface area contributed by atoms with Gasteiger partial charge in [-0.3, -0.25) is 0 Å². The Bertz CT molecular complexity index is 271. The molecule has 1 rings (SSSR count). The molecule has 0 aliphatic carbocycles. The van der Waals surface area contributed by atoms with Gasteiger partial charge in [0.05, 0.1) is 0 Å². The molecule has 0 saturated carbocycles. The zero-order valence-electron chi connectivity index (χ0n) is 14.2. The van der Waals surface area contributed by atoms with Gasteiger partial charge in [-0.05, 0) is 19.7 Å². The third kappa shape index (κ3) is 13.6. The normalized spacial score (nSPS) is 10.2. The van der Waals surface area contributed by atoms with Crippen molar-refractivity contribution in [3.63, 3.8) is 0 Å². The van der Waals surface area contributed by atoms with Crippen LogP contribution in [0, 0.1) is 0 Å². The van der Waals surface area contributed by atoms with Crippen LogP contribution < -0.4 is 0 Å². The summed E-state index contributed by atoms with van der Waals surface area (Å²) in [6.45, 7) is 5.57. The van der Waals surface area contributed by atoms with Crippen LogP contribution in [0.5, 0.6) is 0 Å². The minimum absolute atomic E-state index is 1.03. The van der Waals surface area contributed by atoms with Gasteiger partial charge in [0.25, 0.3) is 0 Å². The zero-order chi connectivity index (χ0) is 15.1. The Labute approximate surface area is 127 Å². The number of hydrogen-bond acceptors (Lipinski definition) is 1. The second-order valence-electron chi connectivity index (χ2n) is 5.84. The summed E-state index contributed by atoms with van der Waals surface area (Å²) in [4.78, 5) is 2.16. The molecule has 0 spiro atoms. The van der Waals surface area contributed by atoms with Crippen LogP contribution in [-0.2, 0) is 6.54 Å². The third-order valence-electron chi connectivity index (χ3n) is 3.30. The minimum atomic E-state index is 1.03. The Hall–Kier alpha value is -0.820. The lowest BCUT2D eigenvalue weighted by Gasteiger charge is -2.08. The quantitative estimate of drug-likeness (QED) is 0.508. The summed E-state index contributed by atoms with van der Waals surface area (Å²) in [7, 11) is 4.15. The van der Waals surface area contributed by atoms with Crippen LogP contribution in [0.1, 0.15) is 70.8 Å². The third-order valence-corrected chi connectivity index (χ3v) is 3.30. The van der Waals surface area contributed by atoms with Crippen LogP contribution in [0.2, 0.25) is 0 Å². The van der Waals surface area contributed by atoms with Crippen molar-refractivity contribution in [2.75, 3.05) is 14.1 Å². The molecule has 0 radical (unpaired) electrons. The van der Waals surface area contributed by atoms with Gasteiger partial charge in [-0.25, -0.2) is 0 Å². The van der Waals surface area contributed by atoms with Crippen LogP contribution in [0.3, 0.4) is 0 Å². The van der Waals surface area contributed by atoms with Crippen molar-refractivity contribution in [3.05, 3.63) is 35.9 Å². The fraction of sp³-hybridized carbons (Fsp3) is 0.684. The van der Waals surface area contributed by atoms with E-state index in [1.165, 1.54) is 56.9 Å². The summed E-state index contributed by atoms with van der Waals surface area (Å²) >= 11 is 0. The minimum Gasteiger partial charge on any atom is -0.305 e. The largest absolute Gasteiger partial charge is 0.305 e. The molecule has 1 heteroatoms. The van der Waals surface area contributed by atoms with Crippen molar-refractivity contribution >= 4 is 0 Å². The molecule has 0 fully saturated rings. The van der Waals surface area contributed by atoms with Gasteiger partial charge in [0.15, 0.2) is 0 Å². The second-order valence-corrected chi connectivity index (χ2v) is 5.84. The molecule has 0 atom stereocenters. The van der Waals surface area contributed by atoms with Gasteiger partial charge in [-0.1, -0.05) is 95.5 Å². The van der Waals surface area contributed by atoms with E-state index in [0.717, 1.165) is 6.54 Å².